The third kappa shape index (κ3) is 4.59. The molecule has 0 aliphatic carbocycles. The van der Waals surface area contributed by atoms with Gasteiger partial charge < -0.3 is 15.1 Å². The summed E-state index contributed by atoms with van der Waals surface area (Å²) in [5, 5.41) is 7.50. The van der Waals surface area contributed by atoms with Gasteiger partial charge in [0.1, 0.15) is 5.82 Å². The van der Waals surface area contributed by atoms with Gasteiger partial charge in [-0.3, -0.25) is 14.3 Å². The minimum atomic E-state index is -0.311. The van der Waals surface area contributed by atoms with Crippen LogP contribution in [0.25, 0.3) is 0 Å². The molecule has 1 aromatic carbocycles. The Balaban J connectivity index is 0.00000240. The van der Waals surface area contributed by atoms with Crippen LogP contribution in [0, 0.1) is 11.7 Å². The summed E-state index contributed by atoms with van der Waals surface area (Å²) in [7, 11) is 1.86. The number of amides is 2. The normalized spacial score (nSPS) is 21.9. The molecule has 2 aromatic rings. The second-order valence-corrected chi connectivity index (χ2v) is 7.52. The maximum atomic E-state index is 13.4. The molecule has 2 aliphatic rings. The molecule has 1 N–H and O–H groups in total. The summed E-state index contributed by atoms with van der Waals surface area (Å²) in [4.78, 5) is 29.0. The highest BCUT2D eigenvalue weighted by Gasteiger charge is 2.39. The van der Waals surface area contributed by atoms with Gasteiger partial charge in [-0.25, -0.2) is 4.39 Å². The molecule has 0 unspecified atom stereocenters. The van der Waals surface area contributed by atoms with E-state index in [0.717, 1.165) is 17.7 Å². The van der Waals surface area contributed by atoms with Crippen molar-refractivity contribution < 1.29 is 14.0 Å². The van der Waals surface area contributed by atoms with E-state index in [1.165, 1.54) is 12.1 Å². The fourth-order valence-corrected chi connectivity index (χ4v) is 4.07. The number of piperazine rings is 1. The Morgan fingerprint density at radius 2 is 2.14 bits per heavy atom. The smallest absolute Gasteiger partial charge is 0.242 e. The summed E-state index contributed by atoms with van der Waals surface area (Å²) >= 11 is 0. The first kappa shape index (κ1) is 21.3. The molecule has 3 heterocycles. The largest absolute Gasteiger partial charge is 0.335 e. The first-order valence-electron chi connectivity index (χ1n) is 9.51. The highest BCUT2D eigenvalue weighted by atomic mass is 35.5. The maximum Gasteiger partial charge on any atom is 0.242 e. The van der Waals surface area contributed by atoms with Gasteiger partial charge in [0.25, 0.3) is 0 Å². The van der Waals surface area contributed by atoms with Crippen molar-refractivity contribution >= 4 is 24.2 Å². The molecule has 0 spiro atoms. The van der Waals surface area contributed by atoms with Crippen molar-refractivity contribution in [2.75, 3.05) is 32.7 Å². The zero-order valence-corrected chi connectivity index (χ0v) is 17.1. The topological polar surface area (TPSA) is 70.5 Å². The molecule has 29 heavy (non-hydrogen) atoms. The van der Waals surface area contributed by atoms with Gasteiger partial charge in [-0.15, -0.1) is 12.4 Å². The van der Waals surface area contributed by atoms with Crippen molar-refractivity contribution in [3.8, 4) is 0 Å². The average Bonchev–Trinajstić information content (AvgIpc) is 3.31. The van der Waals surface area contributed by atoms with Gasteiger partial charge in [-0.1, -0.05) is 12.1 Å². The maximum absolute atomic E-state index is 13.4. The average molecular weight is 422 g/mol. The first-order valence-corrected chi connectivity index (χ1v) is 9.51. The second-order valence-electron chi connectivity index (χ2n) is 7.52. The van der Waals surface area contributed by atoms with Crippen molar-refractivity contribution in [3.05, 3.63) is 53.6 Å². The van der Waals surface area contributed by atoms with E-state index < -0.39 is 0 Å². The number of aromatic nitrogens is 2. The quantitative estimate of drug-likeness (QED) is 0.804. The molecule has 0 bridgehead atoms. The lowest BCUT2D eigenvalue weighted by Gasteiger charge is -2.36. The van der Waals surface area contributed by atoms with Crippen molar-refractivity contribution in [2.24, 2.45) is 13.0 Å². The number of hydrogen-bond donors (Lipinski definition) is 1. The lowest BCUT2D eigenvalue weighted by molar-refractivity contribution is -0.147. The number of halogens is 2. The van der Waals surface area contributed by atoms with E-state index in [1.807, 2.05) is 13.2 Å². The molecule has 7 nitrogen and oxygen atoms in total. The molecule has 2 amide bonds. The summed E-state index contributed by atoms with van der Waals surface area (Å²) in [6.45, 7) is 2.73. The summed E-state index contributed by atoms with van der Waals surface area (Å²) in [6, 6.07) is 6.26. The Morgan fingerprint density at radius 1 is 1.31 bits per heavy atom. The van der Waals surface area contributed by atoms with Crippen LogP contribution >= 0.6 is 12.4 Å². The summed E-state index contributed by atoms with van der Waals surface area (Å²) in [5.41, 5.74) is 1.80. The Bertz CT molecular complexity index is 889. The third-order valence-corrected chi connectivity index (χ3v) is 5.58. The van der Waals surface area contributed by atoms with Crippen molar-refractivity contribution in [1.82, 2.24) is 24.9 Å². The lowest BCUT2D eigenvalue weighted by atomic mass is 9.89. The Labute approximate surface area is 175 Å². The standard InChI is InChI=1S/C20H24FN5O2.ClH/c1-24-12-15(8-23-24)17-9-22-10-18(17)20(28)26-6-5-25(19(27)13-26)11-14-3-2-4-16(21)7-14;/h2-4,7-8,12,17-18,22H,5-6,9-11,13H2,1H3;1H/t17-,18+;/m1./s1. The molecule has 4 rings (SSSR count). The van der Waals surface area contributed by atoms with Crippen LogP contribution in [-0.4, -0.2) is 64.1 Å². The molecule has 2 fully saturated rings. The second kappa shape index (κ2) is 8.92. The summed E-state index contributed by atoms with van der Waals surface area (Å²) in [5.74, 6) is -0.521. The third-order valence-electron chi connectivity index (χ3n) is 5.58. The minimum Gasteiger partial charge on any atom is -0.335 e. The van der Waals surface area contributed by atoms with Crippen molar-refractivity contribution in [1.29, 1.82) is 0 Å². The fraction of sp³-hybridized carbons (Fsp3) is 0.450. The van der Waals surface area contributed by atoms with Gasteiger partial charge in [0.15, 0.2) is 0 Å². The van der Waals surface area contributed by atoms with E-state index in [0.29, 0.717) is 26.2 Å². The van der Waals surface area contributed by atoms with Gasteiger partial charge >= 0.3 is 0 Å². The molecule has 1 aromatic heterocycles. The lowest BCUT2D eigenvalue weighted by Crippen LogP contribution is -2.53. The van der Waals surface area contributed by atoms with Crippen LogP contribution in [-0.2, 0) is 23.2 Å². The van der Waals surface area contributed by atoms with E-state index in [1.54, 1.807) is 32.8 Å². The number of nitrogens with one attached hydrogen (secondary N) is 1. The van der Waals surface area contributed by atoms with Gasteiger partial charge in [0, 0.05) is 51.9 Å². The highest BCUT2D eigenvalue weighted by molar-refractivity contribution is 5.88. The molecule has 2 aliphatic heterocycles. The van der Waals surface area contributed by atoms with E-state index in [4.69, 9.17) is 0 Å². The Hall–Kier alpha value is -2.45. The number of rotatable bonds is 4. The Morgan fingerprint density at radius 3 is 2.83 bits per heavy atom. The van der Waals surface area contributed by atoms with Crippen LogP contribution in [0.1, 0.15) is 17.0 Å². The van der Waals surface area contributed by atoms with E-state index in [-0.39, 0.29) is 48.4 Å². The number of aryl methyl sites for hydroxylation is 1. The van der Waals surface area contributed by atoms with Crippen molar-refractivity contribution in [2.45, 2.75) is 12.5 Å². The zero-order valence-electron chi connectivity index (χ0n) is 16.3. The van der Waals surface area contributed by atoms with Crippen LogP contribution < -0.4 is 5.32 Å². The monoisotopic (exact) mass is 421 g/mol. The number of nitrogens with zero attached hydrogens (tertiary/aromatic N) is 4. The summed E-state index contributed by atoms with van der Waals surface area (Å²) < 4.78 is 15.1. The zero-order chi connectivity index (χ0) is 19.7. The molecule has 156 valence electrons. The van der Waals surface area contributed by atoms with E-state index in [9.17, 15) is 14.0 Å². The first-order chi connectivity index (χ1) is 13.5. The number of carbonyl (C=O) groups excluding carboxylic acids is 2. The van der Waals surface area contributed by atoms with Gasteiger partial charge in [-0.2, -0.15) is 5.10 Å². The molecule has 2 atom stereocenters. The van der Waals surface area contributed by atoms with Crippen molar-refractivity contribution in [3.63, 3.8) is 0 Å². The molecule has 9 heteroatoms. The molecular formula is C20H25ClFN5O2. The highest BCUT2D eigenvalue weighted by Crippen LogP contribution is 2.29. The van der Waals surface area contributed by atoms with Crippen LogP contribution in [0.2, 0.25) is 0 Å². The van der Waals surface area contributed by atoms with E-state index in [2.05, 4.69) is 10.4 Å². The summed E-state index contributed by atoms with van der Waals surface area (Å²) in [6.07, 6.45) is 3.75. The minimum absolute atomic E-state index is 0. The Kier molecular flexibility index (Phi) is 6.54. The number of benzene rings is 1. The SMILES string of the molecule is Cl.Cn1cc([C@H]2CNC[C@@H]2C(=O)N2CCN(Cc3cccc(F)c3)C(=O)C2)cn1. The van der Waals surface area contributed by atoms with E-state index >= 15 is 0 Å². The molecule has 0 radical (unpaired) electrons. The van der Waals surface area contributed by atoms with Crippen LogP contribution in [0.5, 0.6) is 0 Å². The fourth-order valence-electron chi connectivity index (χ4n) is 4.07. The van der Waals surface area contributed by atoms with Gasteiger partial charge in [-0.05, 0) is 23.3 Å². The number of carbonyl (C=O) groups is 2. The van der Waals surface area contributed by atoms with Gasteiger partial charge in [0.2, 0.25) is 11.8 Å². The van der Waals surface area contributed by atoms with Gasteiger partial charge in [0.05, 0.1) is 18.7 Å². The predicted molar refractivity (Wildman–Crippen MR) is 108 cm³/mol. The van der Waals surface area contributed by atoms with Crippen LogP contribution in [0.3, 0.4) is 0 Å². The predicted octanol–water partition coefficient (Wildman–Crippen LogP) is 1.15. The van der Waals surface area contributed by atoms with Crippen LogP contribution in [0.15, 0.2) is 36.7 Å². The molecule has 2 saturated heterocycles. The number of hydrogen-bond acceptors (Lipinski definition) is 4. The van der Waals surface area contributed by atoms with Crippen LogP contribution in [0.4, 0.5) is 4.39 Å². The molecular weight excluding hydrogens is 397 g/mol. The molecule has 0 saturated carbocycles.